The van der Waals surface area contributed by atoms with Crippen LogP contribution in [0.15, 0.2) is 30.6 Å². The van der Waals surface area contributed by atoms with Crippen molar-refractivity contribution in [3.05, 3.63) is 42.0 Å². The van der Waals surface area contributed by atoms with Crippen LogP contribution in [0.2, 0.25) is 0 Å². The van der Waals surface area contributed by atoms with Gasteiger partial charge in [0.1, 0.15) is 5.69 Å². The number of rotatable bonds is 4. The number of nitrogens with zero attached hydrogens (tertiary/aromatic N) is 2. The van der Waals surface area contributed by atoms with E-state index in [1.165, 1.54) is 10.7 Å². The Balaban J connectivity index is 0.00000208. The van der Waals surface area contributed by atoms with Crippen molar-refractivity contribution in [2.75, 3.05) is 11.9 Å². The van der Waals surface area contributed by atoms with E-state index in [1.807, 2.05) is 6.92 Å². The van der Waals surface area contributed by atoms with Crippen LogP contribution in [-0.2, 0) is 4.79 Å². The summed E-state index contributed by atoms with van der Waals surface area (Å²) in [6, 6.07) is 4.64. The SMILES string of the molecule is Cc1cnn(-c2ccc(NC(=O)[C@@H]3CCC[C@@H]3CN)cc2F)c1.Cl. The molecule has 1 saturated carbocycles. The second-order valence-electron chi connectivity index (χ2n) is 6.15. The Hall–Kier alpha value is -1.92. The fourth-order valence-corrected chi connectivity index (χ4v) is 3.21. The Morgan fingerprint density at radius 2 is 2.25 bits per heavy atom. The number of carbonyl (C=O) groups excluding carboxylic acids is 1. The number of anilines is 1. The number of nitrogens with one attached hydrogen (secondary N) is 1. The summed E-state index contributed by atoms with van der Waals surface area (Å²) in [5.41, 5.74) is 7.49. The van der Waals surface area contributed by atoms with Crippen LogP contribution in [0.25, 0.3) is 5.69 Å². The van der Waals surface area contributed by atoms with Crippen molar-refractivity contribution in [3.8, 4) is 5.69 Å². The van der Waals surface area contributed by atoms with Gasteiger partial charge in [-0.25, -0.2) is 9.07 Å². The zero-order valence-electron chi connectivity index (χ0n) is 13.5. The standard InChI is InChI=1S/C17H21FN4O.ClH/c1-11-9-20-22(10-11)16-6-5-13(7-15(16)18)21-17(23)14-4-2-3-12(14)8-19;/h5-7,9-10,12,14H,2-4,8,19H2,1H3,(H,21,23);1H/t12-,14-;/m1./s1. The van der Waals surface area contributed by atoms with Crippen LogP contribution in [0, 0.1) is 24.6 Å². The van der Waals surface area contributed by atoms with Gasteiger partial charge in [0.25, 0.3) is 0 Å². The van der Waals surface area contributed by atoms with Crippen molar-refractivity contribution >= 4 is 24.0 Å². The quantitative estimate of drug-likeness (QED) is 0.888. The molecule has 0 saturated heterocycles. The predicted molar refractivity (Wildman–Crippen MR) is 94.0 cm³/mol. The summed E-state index contributed by atoms with van der Waals surface area (Å²) in [5.74, 6) is -0.338. The molecule has 0 unspecified atom stereocenters. The van der Waals surface area contributed by atoms with Crippen LogP contribution >= 0.6 is 12.4 Å². The molecule has 1 amide bonds. The number of halogens is 2. The lowest BCUT2D eigenvalue weighted by atomic mass is 9.95. The number of nitrogens with two attached hydrogens (primary N) is 1. The maximum Gasteiger partial charge on any atom is 0.227 e. The number of benzene rings is 1. The molecule has 1 heterocycles. The first-order valence-corrected chi connectivity index (χ1v) is 7.90. The largest absolute Gasteiger partial charge is 0.330 e. The molecule has 3 N–H and O–H groups in total. The molecule has 2 atom stereocenters. The molecule has 7 heteroatoms. The number of aryl methyl sites for hydroxylation is 1. The van der Waals surface area contributed by atoms with Gasteiger partial charge < -0.3 is 11.1 Å². The zero-order valence-corrected chi connectivity index (χ0v) is 14.4. The monoisotopic (exact) mass is 352 g/mol. The molecule has 0 spiro atoms. The molecular weight excluding hydrogens is 331 g/mol. The molecule has 0 radical (unpaired) electrons. The van der Waals surface area contributed by atoms with Crippen molar-refractivity contribution < 1.29 is 9.18 Å². The zero-order chi connectivity index (χ0) is 16.4. The number of carbonyl (C=O) groups is 1. The minimum Gasteiger partial charge on any atom is -0.330 e. The predicted octanol–water partition coefficient (Wildman–Crippen LogP) is 3.06. The van der Waals surface area contributed by atoms with Crippen LogP contribution in [0.5, 0.6) is 0 Å². The molecule has 130 valence electrons. The van der Waals surface area contributed by atoms with Gasteiger partial charge in [0, 0.05) is 17.8 Å². The average molecular weight is 353 g/mol. The Kier molecular flexibility index (Phi) is 5.96. The third kappa shape index (κ3) is 3.76. The third-order valence-electron chi connectivity index (χ3n) is 4.47. The number of amides is 1. The Bertz CT molecular complexity index is 718. The Morgan fingerprint density at radius 3 is 2.88 bits per heavy atom. The summed E-state index contributed by atoms with van der Waals surface area (Å²) in [7, 11) is 0. The molecule has 24 heavy (non-hydrogen) atoms. The highest BCUT2D eigenvalue weighted by molar-refractivity contribution is 5.93. The summed E-state index contributed by atoms with van der Waals surface area (Å²) in [4.78, 5) is 12.3. The first-order chi connectivity index (χ1) is 11.1. The third-order valence-corrected chi connectivity index (χ3v) is 4.47. The van der Waals surface area contributed by atoms with E-state index < -0.39 is 5.82 Å². The normalized spacial score (nSPS) is 19.8. The molecular formula is C17H22ClFN4O. The second-order valence-corrected chi connectivity index (χ2v) is 6.15. The van der Waals surface area contributed by atoms with Gasteiger partial charge in [-0.05, 0) is 56.0 Å². The molecule has 3 rings (SSSR count). The summed E-state index contributed by atoms with van der Waals surface area (Å²) < 4.78 is 15.8. The van der Waals surface area contributed by atoms with E-state index in [4.69, 9.17) is 5.73 Å². The first-order valence-electron chi connectivity index (χ1n) is 7.90. The van der Waals surface area contributed by atoms with Gasteiger partial charge >= 0.3 is 0 Å². The maximum absolute atomic E-state index is 14.3. The minimum atomic E-state index is -0.423. The second kappa shape index (κ2) is 7.77. The minimum absolute atomic E-state index is 0. The van der Waals surface area contributed by atoms with Gasteiger partial charge in [-0.2, -0.15) is 5.10 Å². The van der Waals surface area contributed by atoms with Crippen molar-refractivity contribution in [1.82, 2.24) is 9.78 Å². The number of hydrogen-bond acceptors (Lipinski definition) is 3. The Labute approximate surface area is 146 Å². The van der Waals surface area contributed by atoms with Crippen molar-refractivity contribution in [2.45, 2.75) is 26.2 Å². The number of hydrogen-bond donors (Lipinski definition) is 2. The van der Waals surface area contributed by atoms with Crippen molar-refractivity contribution in [2.24, 2.45) is 17.6 Å². The van der Waals surface area contributed by atoms with Crippen LogP contribution in [0.3, 0.4) is 0 Å². The van der Waals surface area contributed by atoms with E-state index in [0.717, 1.165) is 24.8 Å². The average Bonchev–Trinajstić information content (AvgIpc) is 3.16. The van der Waals surface area contributed by atoms with Gasteiger partial charge in [-0.1, -0.05) is 6.42 Å². The lowest BCUT2D eigenvalue weighted by Crippen LogP contribution is -2.29. The van der Waals surface area contributed by atoms with Gasteiger partial charge in [0.2, 0.25) is 5.91 Å². The summed E-state index contributed by atoms with van der Waals surface area (Å²) >= 11 is 0. The molecule has 5 nitrogen and oxygen atoms in total. The molecule has 0 bridgehead atoms. The molecule has 1 aliphatic rings. The summed E-state index contributed by atoms with van der Waals surface area (Å²) in [6.07, 6.45) is 6.27. The van der Waals surface area contributed by atoms with E-state index in [2.05, 4.69) is 10.4 Å². The summed E-state index contributed by atoms with van der Waals surface area (Å²) in [5, 5.41) is 6.91. The lowest BCUT2D eigenvalue weighted by molar-refractivity contribution is -0.120. The van der Waals surface area contributed by atoms with Crippen LogP contribution in [-0.4, -0.2) is 22.2 Å². The van der Waals surface area contributed by atoms with Gasteiger partial charge in [-0.3, -0.25) is 4.79 Å². The summed E-state index contributed by atoms with van der Waals surface area (Å²) in [6.45, 7) is 2.41. The fraction of sp³-hybridized carbons (Fsp3) is 0.412. The van der Waals surface area contributed by atoms with E-state index in [9.17, 15) is 9.18 Å². The van der Waals surface area contributed by atoms with Crippen molar-refractivity contribution in [3.63, 3.8) is 0 Å². The topological polar surface area (TPSA) is 72.9 Å². The van der Waals surface area contributed by atoms with Gasteiger partial charge in [0.15, 0.2) is 5.82 Å². The molecule has 1 aliphatic carbocycles. The molecule has 1 aromatic heterocycles. The van der Waals surface area contributed by atoms with Crippen LogP contribution < -0.4 is 11.1 Å². The van der Waals surface area contributed by atoms with Gasteiger partial charge in [-0.15, -0.1) is 12.4 Å². The smallest absolute Gasteiger partial charge is 0.227 e. The highest BCUT2D eigenvalue weighted by atomic mass is 35.5. The number of aromatic nitrogens is 2. The van der Waals surface area contributed by atoms with Crippen LogP contribution in [0.1, 0.15) is 24.8 Å². The highest BCUT2D eigenvalue weighted by Crippen LogP contribution is 2.32. The Morgan fingerprint density at radius 1 is 1.46 bits per heavy atom. The first kappa shape index (κ1) is 18.4. The molecule has 2 aromatic rings. The van der Waals surface area contributed by atoms with Crippen molar-refractivity contribution in [1.29, 1.82) is 0 Å². The highest BCUT2D eigenvalue weighted by Gasteiger charge is 2.31. The van der Waals surface area contributed by atoms with E-state index in [0.29, 0.717) is 17.9 Å². The maximum atomic E-state index is 14.3. The molecule has 0 aliphatic heterocycles. The lowest BCUT2D eigenvalue weighted by Gasteiger charge is -2.17. The van der Waals surface area contributed by atoms with E-state index >= 15 is 0 Å². The van der Waals surface area contributed by atoms with Crippen LogP contribution in [0.4, 0.5) is 10.1 Å². The fourth-order valence-electron chi connectivity index (χ4n) is 3.21. The van der Waals surface area contributed by atoms with Gasteiger partial charge in [0.05, 0.1) is 6.20 Å². The molecule has 1 fully saturated rings. The van der Waals surface area contributed by atoms with E-state index in [1.54, 1.807) is 24.5 Å². The van der Waals surface area contributed by atoms with E-state index in [-0.39, 0.29) is 30.2 Å². The molecule has 1 aromatic carbocycles.